The van der Waals surface area contributed by atoms with E-state index in [0.717, 1.165) is 67.3 Å². The summed E-state index contributed by atoms with van der Waals surface area (Å²) in [5.74, 6) is 2.98. The van der Waals surface area contributed by atoms with Gasteiger partial charge in [-0.2, -0.15) is 19.9 Å². The van der Waals surface area contributed by atoms with Crippen LogP contribution in [-0.4, -0.2) is 43.6 Å². The predicted molar refractivity (Wildman–Crippen MR) is 568 cm³/mol. The molecule has 0 fully saturated rings. The molecule has 0 saturated heterocycles. The molecular weight excluding hydrogens is 1710 g/mol. The van der Waals surface area contributed by atoms with Gasteiger partial charge in [0.1, 0.15) is 0 Å². The highest BCUT2D eigenvalue weighted by Gasteiger charge is 2.54. The molecule has 648 valence electrons. The highest BCUT2D eigenvalue weighted by molar-refractivity contribution is 6.28. The van der Waals surface area contributed by atoms with Crippen molar-refractivity contribution >= 4 is 77.0 Å². The second kappa shape index (κ2) is 31.6. The molecule has 10 heteroatoms. The second-order valence-electron chi connectivity index (χ2n) is 36.6. The Balaban J connectivity index is 0.000000118. The summed E-state index contributed by atoms with van der Waals surface area (Å²) in [5.41, 5.74) is 43.9. The maximum Gasteiger partial charge on any atom is 0.238 e. The van der Waals surface area contributed by atoms with Crippen molar-refractivity contribution in [3.05, 3.63) is 534 Å². The third kappa shape index (κ3) is 12.1. The molecule has 5 heterocycles. The molecule has 9 nitrogen and oxygen atoms in total. The maximum atomic E-state index is 5.99. The van der Waals surface area contributed by atoms with Crippen LogP contribution < -0.4 is 0 Å². The number of benzene rings is 20. The van der Waals surface area contributed by atoms with E-state index >= 15 is 0 Å². The number of nitrogens with zero attached hydrogens (tertiary/aromatic N) is 9. The minimum atomic E-state index is -0.516. The van der Waals surface area contributed by atoms with E-state index in [1.54, 1.807) is 0 Å². The first-order valence-electron chi connectivity index (χ1n) is 47.4. The van der Waals surface area contributed by atoms with Gasteiger partial charge in [0.05, 0.1) is 43.9 Å². The van der Waals surface area contributed by atoms with Gasteiger partial charge in [-0.25, -0.2) is 9.97 Å². The van der Waals surface area contributed by atoms with Crippen molar-refractivity contribution in [1.82, 2.24) is 43.6 Å². The number of aromatic nitrogens is 9. The standard InChI is InChI=1S/C64H39N5.C50H31N.C15H10ClN3/c1-4-18-40(19-5-1)61-65-62(41-20-6-2-7-21-41)67-63(66-61)69-58-37-33-43(42-32-36-57-50(38-42)47-26-13-17-31-56(47)68(57)44-22-8-3-9-23-44)39-51(58)48-34-35-55-59(60(48)69)49-27-12-16-30-54(49)64(55)52-28-14-10-24-45(52)46-25-11-15-29-53(46)64;1-2-12-34(13-3-1)51-47-21-11-7-16-38(47)41-29-32(24-27-48(41)51)31-22-23-33-30-42-35(40(33)28-31)25-26-46-49(42)39-17-6-10-20-45(39)50(46)43-18-8-4-14-36(43)37-15-5-9-19-44(37)50;16-15-18-13(11-7-3-1-4-8-11)17-14(19-15)12-9-5-2-6-10-12/h1-39H;1-29H,30H2;1-10H. The van der Waals surface area contributed by atoms with Crippen LogP contribution >= 0.6 is 11.6 Å². The van der Waals surface area contributed by atoms with Gasteiger partial charge in [-0.05, 0) is 225 Å². The molecule has 5 aromatic heterocycles. The lowest BCUT2D eigenvalue weighted by Crippen LogP contribution is -2.25. The van der Waals surface area contributed by atoms with Crippen LogP contribution in [0.5, 0.6) is 0 Å². The first-order valence-corrected chi connectivity index (χ1v) is 47.8. The summed E-state index contributed by atoms with van der Waals surface area (Å²) in [5, 5.41) is 7.48. The predicted octanol–water partition coefficient (Wildman–Crippen LogP) is 31.6. The molecule has 0 aliphatic heterocycles. The third-order valence-electron chi connectivity index (χ3n) is 29.5. The molecule has 20 aromatic carbocycles. The zero-order chi connectivity index (χ0) is 91.5. The monoisotopic (exact) mass is 1790 g/mol. The zero-order valence-corrected chi connectivity index (χ0v) is 75.9. The lowest BCUT2D eigenvalue weighted by molar-refractivity contribution is 0.793. The highest BCUT2D eigenvalue weighted by atomic mass is 35.5. The lowest BCUT2D eigenvalue weighted by atomic mass is 9.70. The molecule has 0 unspecified atom stereocenters. The molecule has 0 amide bonds. The van der Waals surface area contributed by atoms with Crippen molar-refractivity contribution < 1.29 is 0 Å². The summed E-state index contributed by atoms with van der Waals surface area (Å²) in [6.07, 6.45) is 0.950. The molecule has 0 atom stereocenters. The van der Waals surface area contributed by atoms with Gasteiger partial charge >= 0.3 is 0 Å². The van der Waals surface area contributed by atoms with Crippen molar-refractivity contribution in [2.24, 2.45) is 0 Å². The third-order valence-corrected chi connectivity index (χ3v) is 29.7. The number of hydrogen-bond donors (Lipinski definition) is 0. The number of fused-ring (bicyclic) bond motifs is 34. The zero-order valence-electron chi connectivity index (χ0n) is 75.1. The van der Waals surface area contributed by atoms with E-state index in [1.165, 1.54) is 172 Å². The van der Waals surface area contributed by atoms with Crippen LogP contribution in [0.2, 0.25) is 5.28 Å². The summed E-state index contributed by atoms with van der Waals surface area (Å²) in [6, 6.07) is 171. The van der Waals surface area contributed by atoms with E-state index in [0.29, 0.717) is 29.2 Å². The fourth-order valence-electron chi connectivity index (χ4n) is 23.8. The van der Waals surface area contributed by atoms with Gasteiger partial charge in [-0.1, -0.05) is 394 Å². The molecular formula is C129H80ClN9. The first-order chi connectivity index (χ1) is 68.9. The van der Waals surface area contributed by atoms with Crippen molar-refractivity contribution in [3.8, 4) is 141 Å². The quantitative estimate of drug-likeness (QED) is 0.143. The van der Waals surface area contributed by atoms with E-state index in [9.17, 15) is 0 Å². The lowest BCUT2D eigenvalue weighted by Gasteiger charge is -2.30. The molecule has 0 N–H and O–H groups in total. The minimum absolute atomic E-state index is 0.202. The van der Waals surface area contributed by atoms with Crippen LogP contribution in [0.4, 0.5) is 0 Å². The normalized spacial score (nSPS) is 13.0. The smallest absolute Gasteiger partial charge is 0.238 e. The Bertz CT molecular complexity index is 9160. The summed E-state index contributed by atoms with van der Waals surface area (Å²) in [6.45, 7) is 0. The van der Waals surface area contributed by atoms with Crippen molar-refractivity contribution in [1.29, 1.82) is 0 Å². The first kappa shape index (κ1) is 79.6. The van der Waals surface area contributed by atoms with Crippen LogP contribution in [0, 0.1) is 0 Å². The number of para-hydroxylation sites is 4. The Morgan fingerprint density at radius 3 is 0.950 bits per heavy atom. The Morgan fingerprint density at radius 2 is 0.518 bits per heavy atom. The van der Waals surface area contributed by atoms with Crippen molar-refractivity contribution in [2.75, 3.05) is 0 Å². The molecule has 25 aromatic rings. The van der Waals surface area contributed by atoms with E-state index in [2.05, 4.69) is 405 Å². The minimum Gasteiger partial charge on any atom is -0.309 e. The SMILES string of the molecule is Clc1nc(-c2ccccc2)nc(-c2ccccc2)n1.c1ccc(-c2nc(-c3ccccc3)nc(-n3c4ccc(-c5ccc6c(c5)c5ccccc5n6-c5ccccc5)cc4c4ccc5c(c43)-c3ccccc3C53c4ccccc4-c4ccccc43)n2)cc1.c1ccc(-n2c3ccccc3c3cc(-c4ccc5c(c4)-c4ccc6c(c4C5)-c4ccccc4C64c5ccccc5-c5ccccc54)ccc32)cc1. The Morgan fingerprint density at radius 1 is 0.201 bits per heavy atom. The number of hydrogen-bond acceptors (Lipinski definition) is 6. The van der Waals surface area contributed by atoms with Crippen LogP contribution in [-0.2, 0) is 17.3 Å². The van der Waals surface area contributed by atoms with Gasteiger partial charge in [0, 0.05) is 71.5 Å². The van der Waals surface area contributed by atoms with Gasteiger partial charge in [-0.15, -0.1) is 0 Å². The fourth-order valence-corrected chi connectivity index (χ4v) is 24.0. The number of halogens is 1. The molecule has 0 saturated carbocycles. The van der Waals surface area contributed by atoms with Gasteiger partial charge in [0.2, 0.25) is 11.2 Å². The Labute approximate surface area is 807 Å². The van der Waals surface area contributed by atoms with Crippen LogP contribution in [0.15, 0.2) is 473 Å². The van der Waals surface area contributed by atoms with Crippen LogP contribution in [0.3, 0.4) is 0 Å². The average Bonchev–Trinajstić information content (AvgIpc) is 1.50. The topological polar surface area (TPSA) is 92.1 Å². The summed E-state index contributed by atoms with van der Waals surface area (Å²) in [7, 11) is 0. The number of rotatable bonds is 9. The Kier molecular flexibility index (Phi) is 18.1. The summed E-state index contributed by atoms with van der Waals surface area (Å²) in [4.78, 5) is 28.8. The second-order valence-corrected chi connectivity index (χ2v) is 37.0. The molecule has 5 aliphatic rings. The van der Waals surface area contributed by atoms with Gasteiger partial charge in [0.15, 0.2) is 23.3 Å². The van der Waals surface area contributed by atoms with E-state index in [-0.39, 0.29) is 10.7 Å². The summed E-state index contributed by atoms with van der Waals surface area (Å²) >= 11 is 5.99. The van der Waals surface area contributed by atoms with Gasteiger partial charge < -0.3 is 9.13 Å². The van der Waals surface area contributed by atoms with E-state index < -0.39 is 5.41 Å². The van der Waals surface area contributed by atoms with E-state index in [4.69, 9.17) is 26.6 Å². The highest BCUT2D eigenvalue weighted by Crippen LogP contribution is 2.67. The van der Waals surface area contributed by atoms with Crippen LogP contribution in [0.1, 0.15) is 55.6 Å². The molecule has 0 bridgehead atoms. The van der Waals surface area contributed by atoms with Crippen LogP contribution in [0.25, 0.3) is 206 Å². The van der Waals surface area contributed by atoms with Crippen molar-refractivity contribution in [2.45, 2.75) is 17.3 Å². The largest absolute Gasteiger partial charge is 0.309 e. The molecule has 139 heavy (non-hydrogen) atoms. The molecule has 5 aliphatic carbocycles. The molecule has 2 spiro atoms. The fraction of sp³-hybridized carbons (Fsp3) is 0.0233. The van der Waals surface area contributed by atoms with Gasteiger partial charge in [-0.3, -0.25) is 4.57 Å². The Hall–Kier alpha value is -17.9. The van der Waals surface area contributed by atoms with E-state index in [1.807, 2.05) is 97.1 Å². The molecule has 0 radical (unpaired) electrons. The maximum absolute atomic E-state index is 5.99. The van der Waals surface area contributed by atoms with Crippen molar-refractivity contribution in [3.63, 3.8) is 0 Å². The average molecular weight is 1790 g/mol. The summed E-state index contributed by atoms with van der Waals surface area (Å²) < 4.78 is 7.09. The molecule has 30 rings (SSSR count). The van der Waals surface area contributed by atoms with Gasteiger partial charge in [0.25, 0.3) is 0 Å².